The maximum atomic E-state index is 13.2. The van der Waals surface area contributed by atoms with Gasteiger partial charge >= 0.3 is 0 Å². The Labute approximate surface area is 177 Å². The van der Waals surface area contributed by atoms with Gasteiger partial charge in [-0.1, -0.05) is 45.7 Å². The highest BCUT2D eigenvalue weighted by molar-refractivity contribution is 9.10. The fourth-order valence-electron chi connectivity index (χ4n) is 3.32. The lowest BCUT2D eigenvalue weighted by atomic mass is 10.0. The first-order chi connectivity index (χ1) is 13.5. The summed E-state index contributed by atoms with van der Waals surface area (Å²) in [5, 5.41) is 0.593. The van der Waals surface area contributed by atoms with Gasteiger partial charge in [-0.25, -0.2) is 4.99 Å². The van der Waals surface area contributed by atoms with Crippen molar-refractivity contribution in [2.24, 2.45) is 4.99 Å². The van der Waals surface area contributed by atoms with Crippen LogP contribution >= 0.6 is 27.5 Å². The average Bonchev–Trinajstić information content (AvgIpc) is 2.80. The van der Waals surface area contributed by atoms with Crippen LogP contribution in [0.4, 0.5) is 5.69 Å². The second-order valence-electron chi connectivity index (χ2n) is 6.63. The number of likely N-dealkylation sites (N-methyl/N-ethyl adjacent to an activating group) is 1. The highest BCUT2D eigenvalue weighted by Gasteiger charge is 2.27. The van der Waals surface area contributed by atoms with Crippen molar-refractivity contribution in [3.8, 4) is 0 Å². The first-order valence-corrected chi connectivity index (χ1v) is 10.2. The summed E-state index contributed by atoms with van der Waals surface area (Å²) in [5.41, 5.74) is 3.49. The summed E-state index contributed by atoms with van der Waals surface area (Å²) in [6, 6.07) is 13.4. The van der Waals surface area contributed by atoms with Crippen LogP contribution < -0.4 is 4.90 Å². The molecule has 0 aromatic heterocycles. The summed E-state index contributed by atoms with van der Waals surface area (Å²) in [7, 11) is 1.77. The number of benzodiazepines with no additional fused rings is 1. The lowest BCUT2D eigenvalue weighted by Crippen LogP contribution is -2.34. The zero-order chi connectivity index (χ0) is 19.7. The number of amides is 1. The highest BCUT2D eigenvalue weighted by Crippen LogP contribution is 2.33. The molecule has 2 aromatic carbocycles. The maximum Gasteiger partial charge on any atom is 0.278 e. The molecule has 28 heavy (non-hydrogen) atoms. The molecule has 0 radical (unpaired) electrons. The molecule has 1 fully saturated rings. The van der Waals surface area contributed by atoms with Gasteiger partial charge in [-0.15, -0.1) is 0 Å². The molecule has 0 unspecified atom stereocenters. The van der Waals surface area contributed by atoms with E-state index in [1.165, 1.54) is 0 Å². The molecule has 1 amide bonds. The Morgan fingerprint density at radius 2 is 1.89 bits per heavy atom. The van der Waals surface area contributed by atoms with Crippen molar-refractivity contribution in [1.29, 1.82) is 0 Å². The first kappa shape index (κ1) is 19.2. The van der Waals surface area contributed by atoms with E-state index in [0.29, 0.717) is 29.6 Å². The zero-order valence-corrected chi connectivity index (χ0v) is 17.7. The van der Waals surface area contributed by atoms with E-state index in [9.17, 15) is 4.79 Å². The fourth-order valence-corrected chi connectivity index (χ4v) is 3.91. The number of nitrogens with zero attached hydrogens (tertiary/aromatic N) is 3. The quantitative estimate of drug-likeness (QED) is 0.634. The van der Waals surface area contributed by atoms with E-state index in [1.54, 1.807) is 11.9 Å². The van der Waals surface area contributed by atoms with Crippen LogP contribution in [0.25, 0.3) is 0 Å². The predicted molar refractivity (Wildman–Crippen MR) is 115 cm³/mol. The fraction of sp³-hybridized carbons (Fsp3) is 0.238. The van der Waals surface area contributed by atoms with Crippen molar-refractivity contribution < 1.29 is 9.53 Å². The van der Waals surface area contributed by atoms with Gasteiger partial charge in [-0.3, -0.25) is 4.79 Å². The minimum Gasteiger partial charge on any atom is -0.378 e. The summed E-state index contributed by atoms with van der Waals surface area (Å²) in [6.45, 7) is 2.75. The van der Waals surface area contributed by atoms with E-state index in [-0.39, 0.29) is 5.91 Å². The molecule has 0 spiro atoms. The van der Waals surface area contributed by atoms with Gasteiger partial charge in [0.1, 0.15) is 5.70 Å². The van der Waals surface area contributed by atoms with Crippen LogP contribution in [0.15, 0.2) is 63.8 Å². The summed E-state index contributed by atoms with van der Waals surface area (Å²) >= 11 is 10.0. The predicted octanol–water partition coefficient (Wildman–Crippen LogP) is 4.09. The molecule has 0 bridgehead atoms. The summed E-state index contributed by atoms with van der Waals surface area (Å²) in [6.07, 6.45) is 1.83. The largest absolute Gasteiger partial charge is 0.378 e. The SMILES string of the molecule is CN1C(=O)C(=CN2CCOCC2)N=C(c2ccccc2Cl)c2cc(Br)ccc21. The lowest BCUT2D eigenvalue weighted by Gasteiger charge is -2.26. The number of morpholine rings is 1. The number of halogens is 2. The molecule has 7 heteroatoms. The molecule has 4 rings (SSSR count). The molecule has 144 valence electrons. The van der Waals surface area contributed by atoms with Crippen LogP contribution in [0.3, 0.4) is 0 Å². The van der Waals surface area contributed by atoms with Gasteiger partial charge in [0.05, 0.1) is 24.6 Å². The molecule has 1 saturated heterocycles. The van der Waals surface area contributed by atoms with Crippen LogP contribution in [0.2, 0.25) is 5.02 Å². The van der Waals surface area contributed by atoms with Crippen LogP contribution in [0, 0.1) is 0 Å². The number of fused-ring (bicyclic) bond motifs is 1. The number of aliphatic imine (C=N–C) groups is 1. The van der Waals surface area contributed by atoms with Crippen molar-refractivity contribution >= 4 is 44.8 Å². The minimum absolute atomic E-state index is 0.155. The number of ether oxygens (including phenoxy) is 1. The molecular weight excluding hydrogens is 442 g/mol. The van der Waals surface area contributed by atoms with Crippen LogP contribution in [0.1, 0.15) is 11.1 Å². The van der Waals surface area contributed by atoms with Gasteiger partial charge in [0, 0.05) is 47.0 Å². The van der Waals surface area contributed by atoms with E-state index in [2.05, 4.69) is 20.8 Å². The van der Waals surface area contributed by atoms with Crippen molar-refractivity contribution in [1.82, 2.24) is 4.90 Å². The van der Waals surface area contributed by atoms with Crippen molar-refractivity contribution in [3.63, 3.8) is 0 Å². The number of anilines is 1. The zero-order valence-electron chi connectivity index (χ0n) is 15.4. The average molecular weight is 461 g/mol. The summed E-state index contributed by atoms with van der Waals surface area (Å²) in [5.74, 6) is -0.155. The van der Waals surface area contributed by atoms with Gasteiger partial charge in [0.15, 0.2) is 0 Å². The number of rotatable bonds is 2. The summed E-state index contributed by atoms with van der Waals surface area (Å²) in [4.78, 5) is 21.7. The molecule has 0 saturated carbocycles. The monoisotopic (exact) mass is 459 g/mol. The van der Waals surface area contributed by atoms with Gasteiger partial charge in [-0.05, 0) is 24.3 Å². The van der Waals surface area contributed by atoms with Crippen LogP contribution in [-0.4, -0.2) is 49.9 Å². The molecule has 2 aromatic rings. The third-order valence-corrected chi connectivity index (χ3v) is 5.63. The Bertz CT molecular complexity index is 983. The molecule has 2 aliphatic heterocycles. The number of benzene rings is 2. The normalized spacial score (nSPS) is 18.8. The Morgan fingerprint density at radius 3 is 2.64 bits per heavy atom. The molecule has 0 N–H and O–H groups in total. The van der Waals surface area contributed by atoms with E-state index in [4.69, 9.17) is 21.3 Å². The third-order valence-electron chi connectivity index (χ3n) is 4.81. The van der Waals surface area contributed by atoms with Gasteiger partial charge < -0.3 is 14.5 Å². The van der Waals surface area contributed by atoms with E-state index in [0.717, 1.165) is 34.4 Å². The van der Waals surface area contributed by atoms with Crippen molar-refractivity contribution in [2.75, 3.05) is 38.3 Å². The van der Waals surface area contributed by atoms with Crippen molar-refractivity contribution in [2.45, 2.75) is 0 Å². The van der Waals surface area contributed by atoms with Crippen LogP contribution in [0.5, 0.6) is 0 Å². The number of hydrogen-bond donors (Lipinski definition) is 0. The molecule has 5 nitrogen and oxygen atoms in total. The number of hydrogen-bond acceptors (Lipinski definition) is 4. The molecular formula is C21H19BrClN3O2. The molecule has 0 atom stereocenters. The Morgan fingerprint density at radius 1 is 1.14 bits per heavy atom. The second-order valence-corrected chi connectivity index (χ2v) is 7.95. The van der Waals surface area contributed by atoms with Gasteiger partial charge in [0.25, 0.3) is 5.91 Å². The standard InChI is InChI=1S/C21H19BrClN3O2/c1-25-19-7-6-14(22)12-16(19)20(15-4-2-3-5-17(15)23)24-18(21(25)27)13-26-8-10-28-11-9-26/h2-7,12-13H,8-11H2,1H3. The molecule has 2 heterocycles. The summed E-state index contributed by atoms with van der Waals surface area (Å²) < 4.78 is 6.32. The highest BCUT2D eigenvalue weighted by atomic mass is 79.9. The first-order valence-electron chi connectivity index (χ1n) is 9.00. The molecule has 0 aliphatic carbocycles. The maximum absolute atomic E-state index is 13.2. The Hall–Kier alpha value is -2.15. The number of carbonyl (C=O) groups excluding carboxylic acids is 1. The van der Waals surface area contributed by atoms with Gasteiger partial charge in [0.2, 0.25) is 0 Å². The van der Waals surface area contributed by atoms with Crippen LogP contribution in [-0.2, 0) is 9.53 Å². The molecule has 2 aliphatic rings. The number of carbonyl (C=O) groups is 1. The smallest absolute Gasteiger partial charge is 0.278 e. The topological polar surface area (TPSA) is 45.1 Å². The lowest BCUT2D eigenvalue weighted by molar-refractivity contribution is -0.115. The van der Waals surface area contributed by atoms with E-state index in [1.807, 2.05) is 48.7 Å². The van der Waals surface area contributed by atoms with E-state index >= 15 is 0 Å². The Kier molecular flexibility index (Phi) is 5.53. The third kappa shape index (κ3) is 3.72. The van der Waals surface area contributed by atoms with Crippen molar-refractivity contribution in [3.05, 3.63) is 75.0 Å². The Balaban J connectivity index is 1.92. The van der Waals surface area contributed by atoms with E-state index < -0.39 is 0 Å². The second kappa shape index (κ2) is 8.07. The van der Waals surface area contributed by atoms with Gasteiger partial charge in [-0.2, -0.15) is 0 Å². The minimum atomic E-state index is -0.155.